The van der Waals surface area contributed by atoms with Crippen molar-refractivity contribution < 1.29 is 9.90 Å². The maximum absolute atomic E-state index is 11.9. The van der Waals surface area contributed by atoms with E-state index in [0.29, 0.717) is 28.4 Å². The van der Waals surface area contributed by atoms with Crippen LogP contribution in [0.15, 0.2) is 30.5 Å². The van der Waals surface area contributed by atoms with Gasteiger partial charge >= 0.3 is 0 Å². The number of anilines is 1. The average Bonchev–Trinajstić information content (AvgIpc) is 2.97. The van der Waals surface area contributed by atoms with E-state index < -0.39 is 0 Å². The van der Waals surface area contributed by atoms with Crippen molar-refractivity contribution in [2.75, 3.05) is 11.9 Å². The Labute approximate surface area is 121 Å². The second-order valence-corrected chi connectivity index (χ2v) is 4.30. The fraction of sp³-hybridized carbons (Fsp3) is 0.143. The molecule has 0 fully saturated rings. The van der Waals surface area contributed by atoms with E-state index in [-0.39, 0.29) is 12.5 Å². The van der Waals surface area contributed by atoms with E-state index in [4.69, 9.17) is 16.7 Å². The molecular weight excluding hydrogens is 278 g/mol. The summed E-state index contributed by atoms with van der Waals surface area (Å²) in [5.41, 5.74) is 1.53. The molecule has 2 aromatic rings. The number of aliphatic hydroxyl groups is 1. The van der Waals surface area contributed by atoms with E-state index in [0.717, 1.165) is 0 Å². The Kier molecular flexibility index (Phi) is 4.77. The normalized spacial score (nSPS) is 9.70. The molecule has 0 spiro atoms. The fourth-order valence-corrected chi connectivity index (χ4v) is 1.66. The van der Waals surface area contributed by atoms with E-state index in [1.54, 1.807) is 24.3 Å². The Hall–Kier alpha value is -2.29. The second kappa shape index (κ2) is 6.75. The molecule has 102 valence electrons. The largest absolute Gasteiger partial charge is 0.395 e. The van der Waals surface area contributed by atoms with Crippen LogP contribution in [0.5, 0.6) is 0 Å². The molecule has 6 heteroatoms. The zero-order valence-electron chi connectivity index (χ0n) is 10.5. The predicted octanol–water partition coefficient (Wildman–Crippen LogP) is 2.05. The number of nitrogens with zero attached hydrogens (tertiary/aromatic N) is 1. The Morgan fingerprint density at radius 3 is 3.00 bits per heavy atom. The SMILES string of the molecule is O=C(Nc1cc(C#CCCO)ccc1Cl)c1ccn[nH]1. The minimum absolute atomic E-state index is 0.0179. The zero-order chi connectivity index (χ0) is 14.4. The van der Waals surface area contributed by atoms with Crippen LogP contribution in [0.1, 0.15) is 22.5 Å². The van der Waals surface area contributed by atoms with Crippen LogP contribution in [0, 0.1) is 11.8 Å². The van der Waals surface area contributed by atoms with E-state index in [1.807, 2.05) is 0 Å². The number of carbonyl (C=O) groups is 1. The van der Waals surface area contributed by atoms with Crippen molar-refractivity contribution in [1.82, 2.24) is 10.2 Å². The van der Waals surface area contributed by atoms with Crippen molar-refractivity contribution in [2.45, 2.75) is 6.42 Å². The van der Waals surface area contributed by atoms with Gasteiger partial charge in [-0.15, -0.1) is 0 Å². The van der Waals surface area contributed by atoms with E-state index in [9.17, 15) is 4.79 Å². The molecule has 0 unspecified atom stereocenters. The highest BCUT2D eigenvalue weighted by Crippen LogP contribution is 2.23. The molecular formula is C14H12ClN3O2. The van der Waals surface area contributed by atoms with E-state index in [2.05, 4.69) is 27.4 Å². The number of rotatable bonds is 3. The van der Waals surface area contributed by atoms with Crippen molar-refractivity contribution in [2.24, 2.45) is 0 Å². The lowest BCUT2D eigenvalue weighted by Crippen LogP contribution is -2.12. The van der Waals surface area contributed by atoms with Crippen molar-refractivity contribution in [3.8, 4) is 11.8 Å². The Morgan fingerprint density at radius 1 is 1.45 bits per heavy atom. The van der Waals surface area contributed by atoms with Crippen molar-refractivity contribution in [1.29, 1.82) is 0 Å². The van der Waals surface area contributed by atoms with Gasteiger partial charge in [-0.2, -0.15) is 5.10 Å². The van der Waals surface area contributed by atoms with Crippen LogP contribution in [-0.4, -0.2) is 27.8 Å². The van der Waals surface area contributed by atoms with Gasteiger partial charge in [0.05, 0.1) is 17.3 Å². The van der Waals surface area contributed by atoms with Crippen LogP contribution in [-0.2, 0) is 0 Å². The maximum Gasteiger partial charge on any atom is 0.273 e. The molecule has 3 N–H and O–H groups in total. The number of hydrogen-bond acceptors (Lipinski definition) is 3. The Morgan fingerprint density at radius 2 is 2.30 bits per heavy atom. The molecule has 0 bridgehead atoms. The van der Waals surface area contributed by atoms with Gasteiger partial charge in [-0.3, -0.25) is 9.89 Å². The first-order valence-electron chi connectivity index (χ1n) is 5.90. The third kappa shape index (κ3) is 3.60. The number of aromatic amines is 1. The molecule has 20 heavy (non-hydrogen) atoms. The molecule has 0 saturated carbocycles. The van der Waals surface area contributed by atoms with Gasteiger partial charge in [0, 0.05) is 18.2 Å². The summed E-state index contributed by atoms with van der Waals surface area (Å²) in [7, 11) is 0. The summed E-state index contributed by atoms with van der Waals surface area (Å²) < 4.78 is 0. The molecule has 0 saturated heterocycles. The van der Waals surface area contributed by atoms with Gasteiger partial charge in [0.2, 0.25) is 0 Å². The summed E-state index contributed by atoms with van der Waals surface area (Å²) in [6.07, 6.45) is 1.89. The summed E-state index contributed by atoms with van der Waals surface area (Å²) in [6, 6.07) is 6.65. The average molecular weight is 290 g/mol. The number of hydrogen-bond donors (Lipinski definition) is 3. The van der Waals surface area contributed by atoms with Gasteiger partial charge in [0.15, 0.2) is 0 Å². The van der Waals surface area contributed by atoms with Gasteiger partial charge in [-0.1, -0.05) is 23.4 Å². The highest BCUT2D eigenvalue weighted by molar-refractivity contribution is 6.34. The number of benzene rings is 1. The highest BCUT2D eigenvalue weighted by atomic mass is 35.5. The molecule has 0 aliphatic rings. The number of H-pyrrole nitrogens is 1. The summed E-state index contributed by atoms with van der Waals surface area (Å²) in [6.45, 7) is 0.0179. The monoisotopic (exact) mass is 289 g/mol. The first-order chi connectivity index (χ1) is 9.70. The Bertz CT molecular complexity index is 657. The summed E-state index contributed by atoms with van der Waals surface area (Å²) >= 11 is 6.03. The number of amides is 1. The number of halogens is 1. The first kappa shape index (κ1) is 14.1. The number of aliphatic hydroxyl groups excluding tert-OH is 1. The van der Waals surface area contributed by atoms with Crippen LogP contribution in [0.4, 0.5) is 5.69 Å². The molecule has 1 amide bonds. The first-order valence-corrected chi connectivity index (χ1v) is 6.28. The predicted molar refractivity (Wildman–Crippen MR) is 76.6 cm³/mol. The topological polar surface area (TPSA) is 78.0 Å². The minimum atomic E-state index is -0.329. The molecule has 1 aromatic carbocycles. The number of carbonyl (C=O) groups excluding carboxylic acids is 1. The van der Waals surface area contributed by atoms with E-state index in [1.165, 1.54) is 6.20 Å². The maximum atomic E-state index is 11.9. The summed E-state index contributed by atoms with van der Waals surface area (Å²) in [4.78, 5) is 11.9. The van der Waals surface area contributed by atoms with Crippen LogP contribution in [0.25, 0.3) is 0 Å². The van der Waals surface area contributed by atoms with Gasteiger partial charge in [0.1, 0.15) is 5.69 Å². The molecule has 5 nitrogen and oxygen atoms in total. The Balaban J connectivity index is 2.17. The van der Waals surface area contributed by atoms with Gasteiger partial charge in [-0.05, 0) is 24.3 Å². The minimum Gasteiger partial charge on any atom is -0.395 e. The molecule has 0 atom stereocenters. The van der Waals surface area contributed by atoms with E-state index >= 15 is 0 Å². The van der Waals surface area contributed by atoms with Crippen LogP contribution in [0.2, 0.25) is 5.02 Å². The third-order valence-corrected chi connectivity index (χ3v) is 2.76. The highest BCUT2D eigenvalue weighted by Gasteiger charge is 2.09. The number of nitrogens with one attached hydrogen (secondary N) is 2. The second-order valence-electron chi connectivity index (χ2n) is 3.89. The lowest BCUT2D eigenvalue weighted by molar-refractivity contribution is 0.102. The molecule has 2 rings (SSSR count). The molecule has 1 aromatic heterocycles. The molecule has 0 radical (unpaired) electrons. The lowest BCUT2D eigenvalue weighted by Gasteiger charge is -2.06. The molecule has 1 heterocycles. The van der Waals surface area contributed by atoms with Gasteiger partial charge in [-0.25, -0.2) is 0 Å². The standard InChI is InChI=1S/C14H12ClN3O2/c15-11-5-4-10(3-1-2-8-19)9-13(11)17-14(20)12-6-7-16-18-12/h4-7,9,19H,2,8H2,(H,16,18)(H,17,20). The van der Waals surface area contributed by atoms with Crippen molar-refractivity contribution >= 4 is 23.2 Å². The molecule has 0 aliphatic carbocycles. The van der Waals surface area contributed by atoms with Crippen molar-refractivity contribution in [3.63, 3.8) is 0 Å². The van der Waals surface area contributed by atoms with Gasteiger partial charge in [0.25, 0.3) is 5.91 Å². The van der Waals surface area contributed by atoms with Crippen LogP contribution in [0.3, 0.4) is 0 Å². The summed E-state index contributed by atoms with van der Waals surface area (Å²) in [5.74, 6) is 5.36. The smallest absolute Gasteiger partial charge is 0.273 e. The third-order valence-electron chi connectivity index (χ3n) is 2.43. The zero-order valence-corrected chi connectivity index (χ0v) is 11.2. The summed E-state index contributed by atoms with van der Waals surface area (Å²) in [5, 5.41) is 18.1. The molecule has 0 aliphatic heterocycles. The van der Waals surface area contributed by atoms with Crippen LogP contribution >= 0.6 is 11.6 Å². The number of aromatic nitrogens is 2. The fourth-order valence-electron chi connectivity index (χ4n) is 1.49. The van der Waals surface area contributed by atoms with Crippen molar-refractivity contribution in [3.05, 3.63) is 46.7 Å². The quantitative estimate of drug-likeness (QED) is 0.757. The lowest BCUT2D eigenvalue weighted by atomic mass is 10.2. The van der Waals surface area contributed by atoms with Crippen LogP contribution < -0.4 is 5.32 Å². The van der Waals surface area contributed by atoms with Gasteiger partial charge < -0.3 is 10.4 Å².